The molecule has 0 unspecified atom stereocenters. The van der Waals surface area contributed by atoms with Crippen molar-refractivity contribution in [3.8, 4) is 0 Å². The van der Waals surface area contributed by atoms with Crippen molar-refractivity contribution < 1.29 is 19.8 Å². The number of rotatable bonds is 16. The minimum absolute atomic E-state index is 0.127. The van der Waals surface area contributed by atoms with Crippen LogP contribution >= 0.6 is 0 Å². The van der Waals surface area contributed by atoms with Crippen molar-refractivity contribution in [2.24, 2.45) is 0 Å². The Kier molecular flexibility index (Phi) is 11.8. The molecule has 0 heterocycles. The van der Waals surface area contributed by atoms with E-state index in [2.05, 4.69) is 31.3 Å². The molecule has 1 fully saturated rings. The molecule has 0 saturated heterocycles. The summed E-state index contributed by atoms with van der Waals surface area (Å²) in [6.45, 7) is 4.66. The van der Waals surface area contributed by atoms with Crippen molar-refractivity contribution in [2.45, 2.75) is 103 Å². The molecular weight excluding hydrogens is 354 g/mol. The van der Waals surface area contributed by atoms with E-state index in [4.69, 9.17) is 10.2 Å². The number of amides is 1. The second-order valence-electron chi connectivity index (χ2n) is 8.16. The third-order valence-corrected chi connectivity index (χ3v) is 5.59. The van der Waals surface area contributed by atoms with Crippen LogP contribution in [-0.2, 0) is 9.59 Å². The molecule has 1 saturated carbocycles. The molecule has 0 radical (unpaired) electrons. The van der Waals surface area contributed by atoms with Crippen molar-refractivity contribution >= 4 is 11.9 Å². The van der Waals surface area contributed by atoms with Gasteiger partial charge in [-0.05, 0) is 71.6 Å². The first kappa shape index (κ1) is 24.4. The molecule has 1 aliphatic rings. The van der Waals surface area contributed by atoms with Crippen LogP contribution in [0.5, 0.6) is 0 Å². The van der Waals surface area contributed by atoms with Gasteiger partial charge in [-0.1, -0.05) is 42.6 Å². The van der Waals surface area contributed by atoms with E-state index in [0.29, 0.717) is 19.3 Å². The van der Waals surface area contributed by atoms with Gasteiger partial charge in [0, 0.05) is 13.0 Å². The molecule has 160 valence electrons. The summed E-state index contributed by atoms with van der Waals surface area (Å²) in [5.74, 6) is -1.03. The maximum Gasteiger partial charge on any atom is 0.329 e. The van der Waals surface area contributed by atoms with Gasteiger partial charge < -0.3 is 15.5 Å². The molecule has 0 aromatic rings. The van der Waals surface area contributed by atoms with Gasteiger partial charge in [-0.2, -0.15) is 0 Å². The number of hydrogen-bond donors (Lipinski definition) is 3. The summed E-state index contributed by atoms with van der Waals surface area (Å²) in [6.07, 6.45) is 16.5. The Labute approximate surface area is 170 Å². The molecular formula is C23H39NO4. The zero-order chi connectivity index (χ0) is 20.8. The van der Waals surface area contributed by atoms with Crippen molar-refractivity contribution in [3.05, 3.63) is 23.3 Å². The molecule has 0 atom stereocenters. The van der Waals surface area contributed by atoms with Gasteiger partial charge in [0.05, 0.1) is 0 Å². The third kappa shape index (κ3) is 10.1. The van der Waals surface area contributed by atoms with Crippen LogP contribution in [0.2, 0.25) is 0 Å². The average Bonchev–Trinajstić information content (AvgIpc) is 3.44. The van der Waals surface area contributed by atoms with Crippen LogP contribution in [0.1, 0.15) is 97.3 Å². The molecule has 1 rings (SSSR count). The van der Waals surface area contributed by atoms with E-state index < -0.39 is 11.5 Å². The van der Waals surface area contributed by atoms with E-state index in [1.807, 2.05) is 0 Å². The quantitative estimate of drug-likeness (QED) is 0.257. The lowest BCUT2D eigenvalue weighted by Gasteiger charge is -2.12. The van der Waals surface area contributed by atoms with Crippen LogP contribution in [-0.4, -0.2) is 34.2 Å². The lowest BCUT2D eigenvalue weighted by atomic mass is 10.0. The number of hydrogen-bond acceptors (Lipinski definition) is 3. The number of carboxylic acids is 1. The maximum absolute atomic E-state index is 11.8. The summed E-state index contributed by atoms with van der Waals surface area (Å²) < 4.78 is 0. The topological polar surface area (TPSA) is 86.6 Å². The Morgan fingerprint density at radius 2 is 1.54 bits per heavy atom. The third-order valence-electron chi connectivity index (χ3n) is 5.59. The van der Waals surface area contributed by atoms with Gasteiger partial charge in [-0.3, -0.25) is 4.79 Å². The number of carboxylic acid groups (broad SMARTS) is 1. The van der Waals surface area contributed by atoms with Gasteiger partial charge in [0.1, 0.15) is 5.54 Å². The lowest BCUT2D eigenvalue weighted by Crippen LogP contribution is -2.42. The number of carbonyl (C=O) groups is 2. The first-order valence-electron chi connectivity index (χ1n) is 10.9. The number of aliphatic hydroxyl groups excluding tert-OH is 1. The van der Waals surface area contributed by atoms with Gasteiger partial charge in [0.25, 0.3) is 0 Å². The zero-order valence-corrected chi connectivity index (χ0v) is 17.8. The van der Waals surface area contributed by atoms with E-state index >= 15 is 0 Å². The maximum atomic E-state index is 11.8. The van der Waals surface area contributed by atoms with Crippen LogP contribution in [0.4, 0.5) is 0 Å². The Morgan fingerprint density at radius 1 is 0.893 bits per heavy atom. The second kappa shape index (κ2) is 13.5. The largest absolute Gasteiger partial charge is 0.480 e. The number of carbonyl (C=O) groups excluding carboxylic acids is 1. The van der Waals surface area contributed by atoms with Crippen LogP contribution in [0.3, 0.4) is 0 Å². The van der Waals surface area contributed by atoms with Gasteiger partial charge in [0.2, 0.25) is 5.91 Å². The second-order valence-corrected chi connectivity index (χ2v) is 8.16. The molecule has 3 N–H and O–H groups in total. The summed E-state index contributed by atoms with van der Waals surface area (Å²) in [5.41, 5.74) is 1.93. The molecule has 1 amide bonds. The van der Waals surface area contributed by atoms with E-state index in [1.54, 1.807) is 0 Å². The molecule has 5 heteroatoms. The van der Waals surface area contributed by atoms with Gasteiger partial charge in [-0.15, -0.1) is 0 Å². The standard InChI is InChI=1S/C23H39NO4/c1-19(20(2)14-11-12-18-25)13-9-7-5-3-4-6-8-10-15-21(26)24-23(16-17-23)22(27)28/h7,9,25H,3-6,8,10-18H2,1-2H3,(H,24,26)(H,27,28)/b9-7-,20-19-. The zero-order valence-electron chi connectivity index (χ0n) is 17.8. The normalized spacial score (nSPS) is 16.1. The number of nitrogens with one attached hydrogen (secondary N) is 1. The van der Waals surface area contributed by atoms with E-state index in [-0.39, 0.29) is 12.5 Å². The van der Waals surface area contributed by atoms with Crippen molar-refractivity contribution in [3.63, 3.8) is 0 Å². The summed E-state index contributed by atoms with van der Waals surface area (Å²) in [5, 5.41) is 20.5. The smallest absolute Gasteiger partial charge is 0.329 e. The first-order valence-corrected chi connectivity index (χ1v) is 10.9. The highest BCUT2D eigenvalue weighted by Crippen LogP contribution is 2.35. The lowest BCUT2D eigenvalue weighted by molar-refractivity contribution is -0.143. The van der Waals surface area contributed by atoms with Gasteiger partial charge >= 0.3 is 5.97 Å². The predicted octanol–water partition coefficient (Wildman–Crippen LogP) is 4.90. The number of aliphatic hydroxyl groups is 1. The molecule has 0 bridgehead atoms. The fourth-order valence-electron chi connectivity index (χ4n) is 3.19. The number of unbranched alkanes of at least 4 members (excludes halogenated alkanes) is 6. The van der Waals surface area contributed by atoms with Crippen LogP contribution in [0.15, 0.2) is 23.3 Å². The van der Waals surface area contributed by atoms with E-state index in [9.17, 15) is 9.59 Å². The monoisotopic (exact) mass is 393 g/mol. The van der Waals surface area contributed by atoms with Gasteiger partial charge in [0.15, 0.2) is 0 Å². The van der Waals surface area contributed by atoms with Crippen molar-refractivity contribution in [1.82, 2.24) is 5.32 Å². The van der Waals surface area contributed by atoms with E-state index in [0.717, 1.165) is 51.4 Å². The molecule has 5 nitrogen and oxygen atoms in total. The number of aliphatic carboxylic acids is 1. The summed E-state index contributed by atoms with van der Waals surface area (Å²) in [7, 11) is 0. The Bertz CT molecular complexity index is 547. The minimum Gasteiger partial charge on any atom is -0.480 e. The highest BCUT2D eigenvalue weighted by Gasteiger charge is 2.51. The SMILES string of the molecule is C/C(C/C=C\CCCCCCCC(=O)NC1(C(=O)O)CC1)=C(\C)CCCCO. The first-order chi connectivity index (χ1) is 13.4. The van der Waals surface area contributed by atoms with Crippen LogP contribution in [0.25, 0.3) is 0 Å². The minimum atomic E-state index is -0.949. The summed E-state index contributed by atoms with van der Waals surface area (Å²) in [6, 6.07) is 0. The fraction of sp³-hybridized carbons (Fsp3) is 0.739. The van der Waals surface area contributed by atoms with E-state index in [1.165, 1.54) is 24.0 Å². The Morgan fingerprint density at radius 3 is 2.18 bits per heavy atom. The fourth-order valence-corrected chi connectivity index (χ4v) is 3.19. The highest BCUT2D eigenvalue weighted by molar-refractivity contribution is 5.89. The average molecular weight is 394 g/mol. The summed E-state index contributed by atoms with van der Waals surface area (Å²) in [4.78, 5) is 22.8. The molecule has 0 spiro atoms. The Hall–Kier alpha value is -1.62. The molecule has 0 aromatic heterocycles. The number of allylic oxidation sites excluding steroid dienone is 4. The summed E-state index contributed by atoms with van der Waals surface area (Å²) >= 11 is 0. The van der Waals surface area contributed by atoms with Crippen LogP contribution in [0, 0.1) is 0 Å². The van der Waals surface area contributed by atoms with Crippen molar-refractivity contribution in [2.75, 3.05) is 6.61 Å². The molecule has 1 aliphatic carbocycles. The van der Waals surface area contributed by atoms with Crippen molar-refractivity contribution in [1.29, 1.82) is 0 Å². The van der Waals surface area contributed by atoms with Crippen LogP contribution < -0.4 is 5.32 Å². The van der Waals surface area contributed by atoms with Gasteiger partial charge in [-0.25, -0.2) is 4.79 Å². The Balaban J connectivity index is 1.98. The molecule has 0 aromatic carbocycles. The molecule has 28 heavy (non-hydrogen) atoms. The molecule has 0 aliphatic heterocycles. The highest BCUT2D eigenvalue weighted by atomic mass is 16.4. The predicted molar refractivity (Wildman–Crippen MR) is 113 cm³/mol.